The second-order valence-electron chi connectivity index (χ2n) is 5.94. The second-order valence-corrected chi connectivity index (χ2v) is 5.94. The van der Waals surface area contributed by atoms with Gasteiger partial charge in [0.25, 0.3) is 17.0 Å². The Kier molecular flexibility index (Phi) is 4.37. The Balaban J connectivity index is 2.09. The van der Waals surface area contributed by atoms with Crippen LogP contribution in [0.3, 0.4) is 0 Å². The highest BCUT2D eigenvalue weighted by atomic mass is 16.3. The van der Waals surface area contributed by atoms with E-state index in [2.05, 4.69) is 5.32 Å². The van der Waals surface area contributed by atoms with E-state index in [-0.39, 0.29) is 23.1 Å². The summed E-state index contributed by atoms with van der Waals surface area (Å²) in [5, 5.41) is 2.69. The second kappa shape index (κ2) is 6.51. The number of nitrogens with one attached hydrogen (secondary N) is 1. The summed E-state index contributed by atoms with van der Waals surface area (Å²) in [7, 11) is 4.22. The predicted octanol–water partition coefficient (Wildman–Crippen LogP) is -0.499. The van der Waals surface area contributed by atoms with E-state index in [4.69, 9.17) is 4.42 Å². The zero-order chi connectivity index (χ0) is 19.0. The Morgan fingerprint density at radius 3 is 2.50 bits per heavy atom. The molecule has 26 heavy (non-hydrogen) atoms. The van der Waals surface area contributed by atoms with Crippen LogP contribution in [0.2, 0.25) is 0 Å². The van der Waals surface area contributed by atoms with E-state index in [1.807, 2.05) is 0 Å². The van der Waals surface area contributed by atoms with Crippen molar-refractivity contribution in [3.05, 3.63) is 67.0 Å². The summed E-state index contributed by atoms with van der Waals surface area (Å²) in [6, 6.07) is 4.64. The highest BCUT2D eigenvalue weighted by Gasteiger charge is 2.20. The van der Waals surface area contributed by atoms with Gasteiger partial charge in [-0.05, 0) is 12.1 Å². The molecule has 3 heterocycles. The highest BCUT2D eigenvalue weighted by molar-refractivity contribution is 6.05. The van der Waals surface area contributed by atoms with E-state index in [9.17, 15) is 19.2 Å². The molecule has 0 bridgehead atoms. The van der Waals surface area contributed by atoms with E-state index >= 15 is 0 Å². The maximum absolute atomic E-state index is 12.6. The molecule has 0 aliphatic carbocycles. The van der Waals surface area contributed by atoms with Gasteiger partial charge in [0.1, 0.15) is 11.4 Å². The maximum atomic E-state index is 12.6. The quantitative estimate of drug-likeness (QED) is 0.676. The Bertz CT molecular complexity index is 1170. The van der Waals surface area contributed by atoms with Crippen molar-refractivity contribution in [2.24, 2.45) is 21.1 Å². The molecule has 0 fully saturated rings. The molecule has 0 atom stereocenters. The molecule has 9 heteroatoms. The van der Waals surface area contributed by atoms with Gasteiger partial charge in [-0.15, -0.1) is 0 Å². The van der Waals surface area contributed by atoms with E-state index in [1.54, 1.807) is 12.1 Å². The van der Waals surface area contributed by atoms with Gasteiger partial charge < -0.3 is 9.73 Å². The molecule has 0 aliphatic rings. The number of carbonyl (C=O) groups is 1. The van der Waals surface area contributed by atoms with Gasteiger partial charge in [0.15, 0.2) is 0 Å². The van der Waals surface area contributed by atoms with Crippen molar-refractivity contribution < 1.29 is 9.21 Å². The number of amides is 1. The van der Waals surface area contributed by atoms with Crippen molar-refractivity contribution in [3.8, 4) is 0 Å². The van der Waals surface area contributed by atoms with Gasteiger partial charge in [-0.3, -0.25) is 28.1 Å². The smallest absolute Gasteiger partial charge is 0.332 e. The number of rotatable bonds is 4. The Hall–Kier alpha value is -3.36. The number of hydrogen-bond acceptors (Lipinski definition) is 5. The number of furan rings is 1. The zero-order valence-electron chi connectivity index (χ0n) is 14.6. The van der Waals surface area contributed by atoms with Gasteiger partial charge in [-0.1, -0.05) is 0 Å². The van der Waals surface area contributed by atoms with Gasteiger partial charge in [-0.25, -0.2) is 4.79 Å². The van der Waals surface area contributed by atoms with E-state index in [0.29, 0.717) is 12.2 Å². The summed E-state index contributed by atoms with van der Waals surface area (Å²) < 4.78 is 8.46. The van der Waals surface area contributed by atoms with E-state index in [0.717, 1.165) is 10.6 Å². The van der Waals surface area contributed by atoms with Crippen molar-refractivity contribution in [1.82, 2.24) is 19.0 Å². The number of fused-ring (bicyclic) bond motifs is 1. The van der Waals surface area contributed by atoms with Crippen molar-refractivity contribution >= 4 is 16.9 Å². The molecule has 0 saturated heterocycles. The lowest BCUT2D eigenvalue weighted by molar-refractivity contribution is 0.0955. The van der Waals surface area contributed by atoms with Crippen LogP contribution in [0.5, 0.6) is 0 Å². The summed E-state index contributed by atoms with van der Waals surface area (Å²) in [5.74, 6) is 0.146. The number of aromatic nitrogens is 3. The van der Waals surface area contributed by atoms with Crippen LogP contribution in [-0.2, 0) is 27.6 Å². The lowest BCUT2D eigenvalue weighted by Gasteiger charge is -2.14. The van der Waals surface area contributed by atoms with Crippen LogP contribution >= 0.6 is 0 Å². The minimum atomic E-state index is -0.630. The molecule has 0 spiro atoms. The van der Waals surface area contributed by atoms with Crippen molar-refractivity contribution in [2.45, 2.75) is 6.42 Å². The molecule has 136 valence electrons. The SMILES string of the molecule is Cn1c(=O)c2c(C(=O)NCCc3ccco3)cc(=O)n(C)c2n(C)c1=O. The minimum absolute atomic E-state index is 0.0206. The average molecular weight is 358 g/mol. The third-order valence-corrected chi connectivity index (χ3v) is 4.30. The van der Waals surface area contributed by atoms with E-state index in [1.165, 1.54) is 36.5 Å². The largest absolute Gasteiger partial charge is 0.469 e. The fraction of sp³-hybridized carbons (Fsp3) is 0.294. The normalized spacial score (nSPS) is 11.0. The standard InChI is InChI=1S/C17H18N4O5/c1-19-12(22)9-11(14(23)18-7-6-10-5-4-8-26-10)13-15(19)20(2)17(25)21(3)16(13)24/h4-5,8-9H,6-7H2,1-3H3,(H,18,23). The number of pyridine rings is 1. The molecule has 3 aromatic rings. The molecule has 1 amide bonds. The average Bonchev–Trinajstić information content (AvgIpc) is 3.13. The third kappa shape index (κ3) is 2.77. The fourth-order valence-corrected chi connectivity index (χ4v) is 2.89. The fourth-order valence-electron chi connectivity index (χ4n) is 2.89. The monoisotopic (exact) mass is 358 g/mol. The number of hydrogen-bond donors (Lipinski definition) is 1. The molecule has 3 rings (SSSR count). The first-order chi connectivity index (χ1) is 12.3. The minimum Gasteiger partial charge on any atom is -0.469 e. The molecule has 3 aromatic heterocycles. The van der Waals surface area contributed by atoms with Crippen molar-refractivity contribution in [1.29, 1.82) is 0 Å². The Labute approximate surface area is 147 Å². The first-order valence-corrected chi connectivity index (χ1v) is 7.93. The lowest BCUT2D eigenvalue weighted by Crippen LogP contribution is -2.41. The van der Waals surface area contributed by atoms with Crippen molar-refractivity contribution in [3.63, 3.8) is 0 Å². The van der Waals surface area contributed by atoms with Crippen LogP contribution < -0.4 is 22.1 Å². The van der Waals surface area contributed by atoms with Crippen LogP contribution in [0.25, 0.3) is 11.0 Å². The first-order valence-electron chi connectivity index (χ1n) is 7.93. The summed E-state index contributed by atoms with van der Waals surface area (Å²) in [4.78, 5) is 49.5. The predicted molar refractivity (Wildman–Crippen MR) is 94.4 cm³/mol. The number of nitrogens with zero attached hydrogens (tertiary/aromatic N) is 3. The summed E-state index contributed by atoms with van der Waals surface area (Å²) in [6.45, 7) is 0.273. The maximum Gasteiger partial charge on any atom is 0.332 e. The third-order valence-electron chi connectivity index (χ3n) is 4.30. The van der Waals surface area contributed by atoms with Crippen LogP contribution in [0.1, 0.15) is 16.1 Å². The molecule has 0 aliphatic heterocycles. The summed E-state index contributed by atoms with van der Waals surface area (Å²) >= 11 is 0. The molecular formula is C17H18N4O5. The van der Waals surface area contributed by atoms with Gasteiger partial charge in [0.2, 0.25) is 0 Å². The molecular weight excluding hydrogens is 340 g/mol. The van der Waals surface area contributed by atoms with Crippen molar-refractivity contribution in [2.75, 3.05) is 6.54 Å². The van der Waals surface area contributed by atoms with Crippen LogP contribution in [-0.4, -0.2) is 26.2 Å². The summed E-state index contributed by atoms with van der Waals surface area (Å²) in [5.41, 5.74) is -1.65. The molecule has 0 aromatic carbocycles. The summed E-state index contributed by atoms with van der Waals surface area (Å²) in [6.07, 6.45) is 2.01. The molecule has 9 nitrogen and oxygen atoms in total. The van der Waals surface area contributed by atoms with Crippen LogP contribution in [0.4, 0.5) is 0 Å². The van der Waals surface area contributed by atoms with Crippen LogP contribution in [0.15, 0.2) is 43.3 Å². The van der Waals surface area contributed by atoms with Gasteiger partial charge in [-0.2, -0.15) is 0 Å². The topological polar surface area (TPSA) is 108 Å². The van der Waals surface area contributed by atoms with Crippen LogP contribution in [0, 0.1) is 0 Å². The van der Waals surface area contributed by atoms with Gasteiger partial charge >= 0.3 is 5.69 Å². The lowest BCUT2D eigenvalue weighted by atomic mass is 10.1. The molecule has 0 radical (unpaired) electrons. The Morgan fingerprint density at radius 1 is 1.12 bits per heavy atom. The highest BCUT2D eigenvalue weighted by Crippen LogP contribution is 2.10. The Morgan fingerprint density at radius 2 is 1.85 bits per heavy atom. The van der Waals surface area contributed by atoms with Gasteiger partial charge in [0, 0.05) is 40.2 Å². The zero-order valence-corrected chi connectivity index (χ0v) is 14.6. The number of carbonyl (C=O) groups excluding carboxylic acids is 1. The molecule has 0 saturated carbocycles. The molecule has 1 N–H and O–H groups in total. The number of aryl methyl sites for hydroxylation is 2. The first kappa shape index (κ1) is 17.5. The molecule has 0 unspecified atom stereocenters. The van der Waals surface area contributed by atoms with E-state index < -0.39 is 22.7 Å². The van der Waals surface area contributed by atoms with Gasteiger partial charge in [0.05, 0.1) is 17.2 Å².